The molecule has 0 bridgehead atoms. The molecular weight excluding hydrogens is 362 g/mol. The lowest BCUT2D eigenvalue weighted by Gasteiger charge is -2.25. The molecule has 0 aliphatic heterocycles. The molecule has 0 unspecified atom stereocenters. The maximum atomic E-state index is 12.5. The molecular formula is C21H22ClN3O2. The number of aryl methyl sites for hydroxylation is 1. The number of nitrogens with one attached hydrogen (secondary N) is 1. The SMILES string of the molecule is Cc1ccc(-c2cc(C(=O)NC[C@@H](c3ccccc3Cl)N(C)C)no2)cc1. The zero-order valence-corrected chi connectivity index (χ0v) is 16.3. The molecule has 1 atom stereocenters. The second-order valence-electron chi connectivity index (χ2n) is 6.65. The Bertz CT molecular complexity index is 919. The first-order chi connectivity index (χ1) is 13.0. The predicted octanol–water partition coefficient (Wildman–Crippen LogP) is 4.34. The van der Waals surface area contributed by atoms with Crippen LogP contribution in [0.5, 0.6) is 0 Å². The minimum atomic E-state index is -0.281. The Hall–Kier alpha value is -2.63. The normalized spacial score (nSPS) is 12.2. The van der Waals surface area contributed by atoms with E-state index in [2.05, 4.69) is 10.5 Å². The highest BCUT2D eigenvalue weighted by Gasteiger charge is 2.20. The van der Waals surface area contributed by atoms with E-state index in [0.717, 1.165) is 16.7 Å². The highest BCUT2D eigenvalue weighted by Crippen LogP contribution is 2.25. The van der Waals surface area contributed by atoms with E-state index in [0.29, 0.717) is 17.3 Å². The van der Waals surface area contributed by atoms with Crippen LogP contribution in [0.4, 0.5) is 0 Å². The molecule has 1 amide bonds. The fraction of sp³-hybridized carbons (Fsp3) is 0.238. The van der Waals surface area contributed by atoms with Gasteiger partial charge in [-0.2, -0.15) is 0 Å². The molecule has 1 heterocycles. The van der Waals surface area contributed by atoms with E-state index in [4.69, 9.17) is 16.1 Å². The van der Waals surface area contributed by atoms with Crippen molar-refractivity contribution < 1.29 is 9.32 Å². The molecule has 27 heavy (non-hydrogen) atoms. The Labute approximate surface area is 163 Å². The van der Waals surface area contributed by atoms with E-state index in [-0.39, 0.29) is 17.6 Å². The smallest absolute Gasteiger partial charge is 0.273 e. The Balaban J connectivity index is 1.70. The molecule has 0 spiro atoms. The summed E-state index contributed by atoms with van der Waals surface area (Å²) >= 11 is 6.31. The quantitative estimate of drug-likeness (QED) is 0.688. The van der Waals surface area contributed by atoms with Crippen LogP contribution in [0.3, 0.4) is 0 Å². The first-order valence-electron chi connectivity index (χ1n) is 8.68. The number of aromatic nitrogens is 1. The Morgan fingerprint density at radius 2 is 1.89 bits per heavy atom. The average Bonchev–Trinajstić information content (AvgIpc) is 3.14. The highest BCUT2D eigenvalue weighted by molar-refractivity contribution is 6.31. The molecule has 140 valence electrons. The molecule has 0 saturated carbocycles. The third-order valence-corrected chi connectivity index (χ3v) is 4.77. The summed E-state index contributed by atoms with van der Waals surface area (Å²) in [6.07, 6.45) is 0. The van der Waals surface area contributed by atoms with Crippen LogP contribution in [0.15, 0.2) is 59.1 Å². The van der Waals surface area contributed by atoms with Crippen molar-refractivity contribution in [3.05, 3.63) is 76.4 Å². The fourth-order valence-corrected chi connectivity index (χ4v) is 3.09. The van der Waals surface area contributed by atoms with Crippen LogP contribution in [0.2, 0.25) is 5.02 Å². The van der Waals surface area contributed by atoms with E-state index in [1.54, 1.807) is 6.07 Å². The molecule has 0 radical (unpaired) electrons. The van der Waals surface area contributed by atoms with E-state index < -0.39 is 0 Å². The maximum absolute atomic E-state index is 12.5. The van der Waals surface area contributed by atoms with Crippen LogP contribution < -0.4 is 5.32 Å². The predicted molar refractivity (Wildman–Crippen MR) is 107 cm³/mol. The summed E-state index contributed by atoms with van der Waals surface area (Å²) < 4.78 is 5.33. The van der Waals surface area contributed by atoms with Crippen molar-refractivity contribution in [3.63, 3.8) is 0 Å². The van der Waals surface area contributed by atoms with Gasteiger partial charge in [0.25, 0.3) is 5.91 Å². The maximum Gasteiger partial charge on any atom is 0.273 e. The highest BCUT2D eigenvalue weighted by atomic mass is 35.5. The van der Waals surface area contributed by atoms with Crippen molar-refractivity contribution >= 4 is 17.5 Å². The minimum absolute atomic E-state index is 0.0499. The van der Waals surface area contributed by atoms with E-state index in [9.17, 15) is 4.79 Å². The summed E-state index contributed by atoms with van der Waals surface area (Å²) in [5.41, 5.74) is 3.26. The zero-order chi connectivity index (χ0) is 19.4. The lowest BCUT2D eigenvalue weighted by Crippen LogP contribution is -2.34. The second kappa shape index (κ2) is 8.37. The van der Waals surface area contributed by atoms with E-state index >= 15 is 0 Å². The van der Waals surface area contributed by atoms with Crippen LogP contribution in [-0.2, 0) is 0 Å². The number of benzene rings is 2. The van der Waals surface area contributed by atoms with Gasteiger partial charge in [0.2, 0.25) is 0 Å². The summed E-state index contributed by atoms with van der Waals surface area (Å²) in [7, 11) is 3.90. The first kappa shape index (κ1) is 19.1. The Kier molecular flexibility index (Phi) is 5.94. The topological polar surface area (TPSA) is 58.4 Å². The van der Waals surface area contributed by atoms with E-state index in [1.165, 1.54) is 0 Å². The van der Waals surface area contributed by atoms with Gasteiger partial charge in [-0.15, -0.1) is 0 Å². The fourth-order valence-electron chi connectivity index (χ4n) is 2.83. The number of carbonyl (C=O) groups excluding carboxylic acids is 1. The summed E-state index contributed by atoms with van der Waals surface area (Å²) in [6, 6.07) is 17.1. The van der Waals surface area contributed by atoms with Gasteiger partial charge >= 0.3 is 0 Å². The number of hydrogen-bond donors (Lipinski definition) is 1. The van der Waals surface area contributed by atoms with Crippen LogP contribution >= 0.6 is 11.6 Å². The third kappa shape index (κ3) is 4.56. The number of hydrogen-bond acceptors (Lipinski definition) is 4. The van der Waals surface area contributed by atoms with Gasteiger partial charge in [-0.25, -0.2) is 0 Å². The first-order valence-corrected chi connectivity index (χ1v) is 9.06. The molecule has 0 fully saturated rings. The second-order valence-corrected chi connectivity index (χ2v) is 7.06. The van der Waals surface area contributed by atoms with Crippen LogP contribution in [-0.4, -0.2) is 36.6 Å². The Morgan fingerprint density at radius 1 is 1.19 bits per heavy atom. The standard InChI is InChI=1S/C21H22ClN3O2/c1-14-8-10-15(11-9-14)20-12-18(24-27-20)21(26)23-13-19(25(2)3)16-6-4-5-7-17(16)22/h4-12,19H,13H2,1-3H3,(H,23,26)/t19-/m0/s1. The summed E-state index contributed by atoms with van der Waals surface area (Å²) in [6.45, 7) is 2.42. The molecule has 5 nitrogen and oxygen atoms in total. The van der Waals surface area contributed by atoms with Crippen molar-refractivity contribution in [1.29, 1.82) is 0 Å². The van der Waals surface area contributed by atoms with Gasteiger partial charge in [-0.1, -0.05) is 64.8 Å². The molecule has 1 aromatic heterocycles. The van der Waals surface area contributed by atoms with Gasteiger partial charge in [-0.05, 0) is 32.6 Å². The third-order valence-electron chi connectivity index (χ3n) is 4.42. The Morgan fingerprint density at radius 3 is 2.56 bits per heavy atom. The van der Waals surface area contributed by atoms with Crippen molar-refractivity contribution in [2.24, 2.45) is 0 Å². The molecule has 3 rings (SSSR count). The molecule has 0 aliphatic rings. The number of rotatable bonds is 6. The number of nitrogens with zero attached hydrogens (tertiary/aromatic N) is 2. The number of halogens is 1. The number of likely N-dealkylation sites (N-methyl/N-ethyl adjacent to an activating group) is 1. The van der Waals surface area contributed by atoms with Crippen LogP contribution in [0.1, 0.15) is 27.7 Å². The summed E-state index contributed by atoms with van der Waals surface area (Å²) in [5.74, 6) is 0.284. The van der Waals surface area contributed by atoms with Crippen molar-refractivity contribution in [2.45, 2.75) is 13.0 Å². The van der Waals surface area contributed by atoms with Gasteiger partial charge in [-0.3, -0.25) is 4.79 Å². The molecule has 2 aromatic carbocycles. The largest absolute Gasteiger partial charge is 0.355 e. The van der Waals surface area contributed by atoms with Crippen LogP contribution in [0, 0.1) is 6.92 Å². The lowest BCUT2D eigenvalue weighted by atomic mass is 10.1. The van der Waals surface area contributed by atoms with Crippen molar-refractivity contribution in [3.8, 4) is 11.3 Å². The molecule has 0 aliphatic carbocycles. The van der Waals surface area contributed by atoms with Gasteiger partial charge in [0, 0.05) is 23.2 Å². The van der Waals surface area contributed by atoms with Crippen LogP contribution in [0.25, 0.3) is 11.3 Å². The molecule has 3 aromatic rings. The summed E-state index contributed by atoms with van der Waals surface area (Å²) in [4.78, 5) is 14.5. The monoisotopic (exact) mass is 383 g/mol. The van der Waals surface area contributed by atoms with E-state index in [1.807, 2.05) is 74.4 Å². The average molecular weight is 384 g/mol. The van der Waals surface area contributed by atoms with Gasteiger partial charge in [0.15, 0.2) is 11.5 Å². The number of carbonyl (C=O) groups is 1. The lowest BCUT2D eigenvalue weighted by molar-refractivity contribution is 0.0933. The molecule has 6 heteroatoms. The number of amides is 1. The minimum Gasteiger partial charge on any atom is -0.355 e. The van der Waals surface area contributed by atoms with Gasteiger partial charge < -0.3 is 14.7 Å². The van der Waals surface area contributed by atoms with Crippen molar-refractivity contribution in [2.75, 3.05) is 20.6 Å². The molecule has 1 N–H and O–H groups in total. The van der Waals surface area contributed by atoms with Crippen molar-refractivity contribution in [1.82, 2.24) is 15.4 Å². The molecule has 0 saturated heterocycles. The van der Waals surface area contributed by atoms with Gasteiger partial charge in [0.1, 0.15) is 0 Å². The zero-order valence-electron chi connectivity index (χ0n) is 15.6. The van der Waals surface area contributed by atoms with Gasteiger partial charge in [0.05, 0.1) is 6.04 Å². The summed E-state index contributed by atoms with van der Waals surface area (Å²) in [5, 5.41) is 7.49.